The Morgan fingerprint density at radius 3 is 2.71 bits per heavy atom. The molecule has 0 amide bonds. The second-order valence-corrected chi connectivity index (χ2v) is 4.91. The molecular weight excluding hydrogens is 269 g/mol. The van der Waals surface area contributed by atoms with Crippen LogP contribution < -0.4 is 4.90 Å². The average Bonchev–Trinajstić information content (AvgIpc) is 2.91. The van der Waals surface area contributed by atoms with E-state index >= 15 is 0 Å². The van der Waals surface area contributed by atoms with E-state index in [4.69, 9.17) is 4.42 Å². The van der Waals surface area contributed by atoms with Crippen molar-refractivity contribution >= 4 is 22.4 Å². The summed E-state index contributed by atoms with van der Waals surface area (Å²) in [6, 6.07) is 15.3. The minimum atomic E-state index is -0.324. The monoisotopic (exact) mass is 283 g/mol. The van der Waals surface area contributed by atoms with Crippen LogP contribution in [0.3, 0.4) is 0 Å². The molecule has 21 heavy (non-hydrogen) atoms. The van der Waals surface area contributed by atoms with E-state index < -0.39 is 0 Å². The molecule has 0 saturated heterocycles. The maximum atomic E-state index is 13.2. The molecule has 0 bridgehead atoms. The van der Waals surface area contributed by atoms with Crippen LogP contribution in [0.25, 0.3) is 11.0 Å². The van der Waals surface area contributed by atoms with Crippen molar-refractivity contribution in [3.63, 3.8) is 0 Å². The molecule has 3 rings (SSSR count). The molecule has 0 radical (unpaired) electrons. The number of halogens is 1. The SMILES string of the molecule is CN(CC(=O)c1cc2ccccc2o1)c1cccc(F)c1. The summed E-state index contributed by atoms with van der Waals surface area (Å²) >= 11 is 0. The summed E-state index contributed by atoms with van der Waals surface area (Å²) in [6.07, 6.45) is 0. The number of likely N-dealkylation sites (N-methyl/N-ethyl adjacent to an activating group) is 1. The van der Waals surface area contributed by atoms with Gasteiger partial charge in [0.2, 0.25) is 5.78 Å². The molecule has 3 nitrogen and oxygen atoms in total. The maximum Gasteiger partial charge on any atom is 0.217 e. The Bertz CT molecular complexity index is 761. The summed E-state index contributed by atoms with van der Waals surface area (Å²) in [4.78, 5) is 13.9. The van der Waals surface area contributed by atoms with Crippen LogP contribution in [0.4, 0.5) is 10.1 Å². The Balaban J connectivity index is 1.79. The number of fused-ring (bicyclic) bond motifs is 1. The zero-order valence-corrected chi connectivity index (χ0v) is 11.5. The molecule has 4 heteroatoms. The fourth-order valence-electron chi connectivity index (χ4n) is 2.22. The van der Waals surface area contributed by atoms with Gasteiger partial charge in [-0.3, -0.25) is 4.79 Å². The number of rotatable bonds is 4. The number of benzene rings is 2. The van der Waals surface area contributed by atoms with E-state index in [0.29, 0.717) is 17.0 Å². The number of Topliss-reactive ketones (excluding diaryl/α,β-unsaturated/α-hetero) is 1. The van der Waals surface area contributed by atoms with Crippen molar-refractivity contribution < 1.29 is 13.6 Å². The van der Waals surface area contributed by atoms with E-state index in [1.54, 1.807) is 30.1 Å². The Morgan fingerprint density at radius 2 is 1.95 bits per heavy atom. The predicted molar refractivity (Wildman–Crippen MR) is 80.2 cm³/mol. The molecular formula is C17H14FNO2. The fraction of sp³-hybridized carbons (Fsp3) is 0.118. The third-order valence-electron chi connectivity index (χ3n) is 3.33. The number of furan rings is 1. The van der Waals surface area contributed by atoms with Crippen LogP contribution in [0.5, 0.6) is 0 Å². The van der Waals surface area contributed by atoms with Gasteiger partial charge in [0, 0.05) is 18.1 Å². The van der Waals surface area contributed by atoms with Gasteiger partial charge in [0.15, 0.2) is 5.76 Å². The first-order valence-corrected chi connectivity index (χ1v) is 6.62. The molecule has 0 fully saturated rings. The van der Waals surface area contributed by atoms with E-state index in [0.717, 1.165) is 5.39 Å². The third kappa shape index (κ3) is 2.79. The molecule has 1 aromatic heterocycles. The number of nitrogens with zero attached hydrogens (tertiary/aromatic N) is 1. The highest BCUT2D eigenvalue weighted by molar-refractivity contribution is 6.00. The molecule has 1 heterocycles. The van der Waals surface area contributed by atoms with Crippen molar-refractivity contribution in [2.24, 2.45) is 0 Å². The summed E-state index contributed by atoms with van der Waals surface area (Å²) in [5.74, 6) is -0.145. The summed E-state index contributed by atoms with van der Waals surface area (Å²) in [7, 11) is 1.75. The van der Waals surface area contributed by atoms with Gasteiger partial charge in [0.25, 0.3) is 0 Å². The van der Waals surface area contributed by atoms with Crippen LogP contribution in [-0.2, 0) is 0 Å². The Kier molecular flexibility index (Phi) is 3.44. The predicted octanol–water partition coefficient (Wildman–Crippen LogP) is 3.89. The van der Waals surface area contributed by atoms with Crippen molar-refractivity contribution in [2.75, 3.05) is 18.5 Å². The van der Waals surface area contributed by atoms with Crippen LogP contribution in [0.1, 0.15) is 10.6 Å². The number of hydrogen-bond donors (Lipinski definition) is 0. The number of carbonyl (C=O) groups excluding carboxylic acids is 1. The quantitative estimate of drug-likeness (QED) is 0.681. The maximum absolute atomic E-state index is 13.2. The van der Waals surface area contributed by atoms with Crippen LogP contribution in [0.15, 0.2) is 59.0 Å². The van der Waals surface area contributed by atoms with Crippen LogP contribution >= 0.6 is 0 Å². The van der Waals surface area contributed by atoms with Gasteiger partial charge in [0.1, 0.15) is 11.4 Å². The van der Waals surface area contributed by atoms with Gasteiger partial charge in [-0.25, -0.2) is 4.39 Å². The normalized spacial score (nSPS) is 10.8. The van der Waals surface area contributed by atoms with Gasteiger partial charge >= 0.3 is 0 Å². The first-order valence-electron chi connectivity index (χ1n) is 6.62. The highest BCUT2D eigenvalue weighted by atomic mass is 19.1. The summed E-state index contributed by atoms with van der Waals surface area (Å²) in [5, 5.41) is 0.897. The smallest absolute Gasteiger partial charge is 0.217 e. The first kappa shape index (κ1) is 13.4. The van der Waals surface area contributed by atoms with Crippen molar-refractivity contribution in [3.8, 4) is 0 Å². The van der Waals surface area contributed by atoms with Gasteiger partial charge in [-0.2, -0.15) is 0 Å². The van der Waals surface area contributed by atoms with E-state index in [1.807, 2.05) is 24.3 Å². The molecule has 0 saturated carbocycles. The number of carbonyl (C=O) groups is 1. The van der Waals surface area contributed by atoms with Crippen molar-refractivity contribution in [1.29, 1.82) is 0 Å². The Morgan fingerprint density at radius 1 is 1.14 bits per heavy atom. The van der Waals surface area contributed by atoms with Crippen LogP contribution in [-0.4, -0.2) is 19.4 Å². The molecule has 0 spiro atoms. The fourth-order valence-corrected chi connectivity index (χ4v) is 2.22. The van der Waals surface area contributed by atoms with Gasteiger partial charge in [-0.15, -0.1) is 0 Å². The Hall–Kier alpha value is -2.62. The minimum Gasteiger partial charge on any atom is -0.453 e. The molecule has 0 atom stereocenters. The largest absolute Gasteiger partial charge is 0.453 e. The number of hydrogen-bond acceptors (Lipinski definition) is 3. The molecule has 2 aromatic carbocycles. The third-order valence-corrected chi connectivity index (χ3v) is 3.33. The van der Waals surface area contributed by atoms with Crippen molar-refractivity contribution in [2.45, 2.75) is 0 Å². The number of anilines is 1. The lowest BCUT2D eigenvalue weighted by Gasteiger charge is -2.17. The Labute approximate surface area is 121 Å². The van der Waals surface area contributed by atoms with Gasteiger partial charge in [-0.05, 0) is 30.3 Å². The van der Waals surface area contributed by atoms with Gasteiger partial charge in [0.05, 0.1) is 6.54 Å². The van der Waals surface area contributed by atoms with E-state index in [2.05, 4.69) is 0 Å². The highest BCUT2D eigenvalue weighted by Gasteiger charge is 2.15. The minimum absolute atomic E-state index is 0.128. The second-order valence-electron chi connectivity index (χ2n) is 4.91. The van der Waals surface area contributed by atoms with E-state index in [-0.39, 0.29) is 18.1 Å². The molecule has 0 aliphatic rings. The molecule has 106 valence electrons. The van der Waals surface area contributed by atoms with Crippen LogP contribution in [0, 0.1) is 5.82 Å². The average molecular weight is 283 g/mol. The van der Waals surface area contributed by atoms with E-state index in [9.17, 15) is 9.18 Å². The van der Waals surface area contributed by atoms with Crippen molar-refractivity contribution in [1.82, 2.24) is 0 Å². The zero-order chi connectivity index (χ0) is 14.8. The van der Waals surface area contributed by atoms with Gasteiger partial charge < -0.3 is 9.32 Å². The summed E-state index contributed by atoms with van der Waals surface area (Å²) < 4.78 is 18.7. The topological polar surface area (TPSA) is 33.5 Å². The number of ketones is 1. The zero-order valence-electron chi connectivity index (χ0n) is 11.5. The molecule has 0 aliphatic carbocycles. The molecule has 0 unspecified atom stereocenters. The summed E-state index contributed by atoms with van der Waals surface area (Å²) in [5.41, 5.74) is 1.34. The van der Waals surface area contributed by atoms with Gasteiger partial charge in [-0.1, -0.05) is 24.3 Å². The molecule has 0 aliphatic heterocycles. The van der Waals surface area contributed by atoms with Crippen molar-refractivity contribution in [3.05, 3.63) is 66.2 Å². The van der Waals surface area contributed by atoms with E-state index in [1.165, 1.54) is 12.1 Å². The lowest BCUT2D eigenvalue weighted by atomic mass is 10.2. The second kappa shape index (κ2) is 5.40. The lowest BCUT2D eigenvalue weighted by molar-refractivity contribution is 0.0976. The first-order chi connectivity index (χ1) is 10.1. The molecule has 0 N–H and O–H groups in total. The standard InChI is InChI=1S/C17H14FNO2/c1-19(14-7-4-6-13(18)10-14)11-15(20)17-9-12-5-2-3-8-16(12)21-17/h2-10H,11H2,1H3. The lowest BCUT2D eigenvalue weighted by Crippen LogP contribution is -2.25. The highest BCUT2D eigenvalue weighted by Crippen LogP contribution is 2.20. The molecule has 3 aromatic rings. The van der Waals surface area contributed by atoms with Crippen LogP contribution in [0.2, 0.25) is 0 Å². The number of para-hydroxylation sites is 1. The summed E-state index contributed by atoms with van der Waals surface area (Å²) in [6.45, 7) is 0.128.